The van der Waals surface area contributed by atoms with Crippen molar-refractivity contribution < 1.29 is 39.5 Å². The van der Waals surface area contributed by atoms with Crippen LogP contribution in [0.25, 0.3) is 0 Å². The average molecular weight is 609 g/mol. The molecule has 0 aromatic heterocycles. The zero-order chi connectivity index (χ0) is 32.0. The summed E-state index contributed by atoms with van der Waals surface area (Å²) in [5.74, 6) is -0.891. The summed E-state index contributed by atoms with van der Waals surface area (Å²) in [6.07, 6.45) is 25.5. The maximum atomic E-state index is 11.9. The lowest BCUT2D eigenvalue weighted by atomic mass is 10.1. The Hall–Kier alpha value is -2.26. The van der Waals surface area contributed by atoms with Crippen LogP contribution < -0.4 is 0 Å². The Morgan fingerprint density at radius 1 is 0.558 bits per heavy atom. The molecule has 0 aliphatic heterocycles. The maximum absolute atomic E-state index is 11.9. The van der Waals surface area contributed by atoms with E-state index >= 15 is 0 Å². The van der Waals surface area contributed by atoms with Gasteiger partial charge in [-0.15, -0.1) is 0 Å². The number of ether oxygens (including phenoxy) is 2. The molecular formula is C35H60O8. The number of unbranched alkanes of at least 4 members (excludes halogenated alkanes) is 10. The van der Waals surface area contributed by atoms with Gasteiger partial charge in [-0.2, -0.15) is 0 Å². The maximum Gasteiger partial charge on any atom is 0.305 e. The van der Waals surface area contributed by atoms with Crippen molar-refractivity contribution in [2.75, 3.05) is 13.2 Å². The van der Waals surface area contributed by atoms with Gasteiger partial charge in [0.05, 0.1) is 18.3 Å². The van der Waals surface area contributed by atoms with E-state index < -0.39 is 30.4 Å². The SMILES string of the molecule is CCCCCCCCCCCC(=O)OC[C@@H](O)COC(=O)CCC[C@@H](O)[C@H](O)/C=C/C=C/C=C\C=C\[C@H](O)CCCCC. The van der Waals surface area contributed by atoms with Gasteiger partial charge in [0.15, 0.2) is 0 Å². The topological polar surface area (TPSA) is 134 Å². The number of allylic oxidation sites excluding steroid dienone is 6. The predicted molar refractivity (Wildman–Crippen MR) is 172 cm³/mol. The van der Waals surface area contributed by atoms with E-state index in [2.05, 4.69) is 13.8 Å². The van der Waals surface area contributed by atoms with Crippen molar-refractivity contribution in [3.8, 4) is 0 Å². The van der Waals surface area contributed by atoms with Crippen molar-refractivity contribution in [2.45, 2.75) is 147 Å². The van der Waals surface area contributed by atoms with E-state index in [0.717, 1.165) is 44.9 Å². The standard InChI is InChI=1S/C35H60O8/c1-3-5-7-8-9-10-11-16-20-26-34(40)42-28-31(37)29-43-35(41)27-21-25-33(39)32(38)24-19-15-13-12-14-18-23-30(36)22-17-6-4-2/h12-15,18-19,23-24,30-33,36-39H,3-11,16-17,20-22,25-29H2,1-2H3/b14-12-,15-13+,23-18+,24-19+/t30-,31-,32-,33-/m1/s1. The molecule has 4 N–H and O–H groups in total. The number of aliphatic hydroxyl groups is 4. The second kappa shape index (κ2) is 29.8. The third-order valence-corrected chi connectivity index (χ3v) is 6.93. The fourth-order valence-electron chi connectivity index (χ4n) is 4.23. The summed E-state index contributed by atoms with van der Waals surface area (Å²) >= 11 is 0. The van der Waals surface area contributed by atoms with Gasteiger partial charge in [0.25, 0.3) is 0 Å². The molecule has 0 rings (SSSR count). The van der Waals surface area contributed by atoms with Crippen LogP contribution in [0.15, 0.2) is 48.6 Å². The molecule has 4 atom stereocenters. The number of esters is 2. The average Bonchev–Trinajstić information content (AvgIpc) is 2.99. The second-order valence-corrected chi connectivity index (χ2v) is 11.2. The minimum Gasteiger partial charge on any atom is -0.463 e. The second-order valence-electron chi connectivity index (χ2n) is 11.2. The quantitative estimate of drug-likeness (QED) is 0.0455. The molecule has 0 radical (unpaired) electrons. The van der Waals surface area contributed by atoms with E-state index in [1.54, 1.807) is 36.5 Å². The van der Waals surface area contributed by atoms with E-state index in [1.807, 2.05) is 6.08 Å². The molecule has 8 heteroatoms. The van der Waals surface area contributed by atoms with Gasteiger partial charge in [-0.3, -0.25) is 9.59 Å². The van der Waals surface area contributed by atoms with E-state index in [1.165, 1.54) is 44.6 Å². The molecule has 0 unspecified atom stereocenters. The summed E-state index contributed by atoms with van der Waals surface area (Å²) in [5.41, 5.74) is 0. The molecule has 0 spiro atoms. The zero-order valence-electron chi connectivity index (χ0n) is 26.8. The van der Waals surface area contributed by atoms with Gasteiger partial charge < -0.3 is 29.9 Å². The van der Waals surface area contributed by atoms with Crippen molar-refractivity contribution in [2.24, 2.45) is 0 Å². The summed E-state index contributed by atoms with van der Waals surface area (Å²) in [7, 11) is 0. The Morgan fingerprint density at radius 2 is 1.02 bits per heavy atom. The molecule has 0 saturated heterocycles. The summed E-state index contributed by atoms with van der Waals surface area (Å²) in [6.45, 7) is 3.85. The molecule has 0 aromatic rings. The van der Waals surface area contributed by atoms with E-state index in [-0.39, 0.29) is 32.0 Å². The van der Waals surface area contributed by atoms with E-state index in [4.69, 9.17) is 9.47 Å². The summed E-state index contributed by atoms with van der Waals surface area (Å²) in [5, 5.41) is 39.9. The highest BCUT2D eigenvalue weighted by atomic mass is 16.6. The zero-order valence-corrected chi connectivity index (χ0v) is 26.8. The molecule has 8 nitrogen and oxygen atoms in total. The smallest absolute Gasteiger partial charge is 0.305 e. The van der Waals surface area contributed by atoms with Gasteiger partial charge in [0.2, 0.25) is 0 Å². The monoisotopic (exact) mass is 608 g/mol. The van der Waals surface area contributed by atoms with Crippen LogP contribution in [0.5, 0.6) is 0 Å². The van der Waals surface area contributed by atoms with Gasteiger partial charge >= 0.3 is 11.9 Å². The molecule has 43 heavy (non-hydrogen) atoms. The molecule has 0 fully saturated rings. The first kappa shape index (κ1) is 40.7. The van der Waals surface area contributed by atoms with Gasteiger partial charge in [0.1, 0.15) is 19.3 Å². The highest BCUT2D eigenvalue weighted by Crippen LogP contribution is 2.11. The van der Waals surface area contributed by atoms with E-state index in [9.17, 15) is 30.0 Å². The lowest BCUT2D eigenvalue weighted by Gasteiger charge is -2.14. The third kappa shape index (κ3) is 28.3. The molecule has 248 valence electrons. The third-order valence-electron chi connectivity index (χ3n) is 6.93. The molecular weight excluding hydrogens is 548 g/mol. The fraction of sp³-hybridized carbons (Fsp3) is 0.714. The van der Waals surface area contributed by atoms with Crippen LogP contribution >= 0.6 is 0 Å². The minimum atomic E-state index is -1.09. The van der Waals surface area contributed by atoms with Crippen LogP contribution in [0.4, 0.5) is 0 Å². The first-order valence-corrected chi connectivity index (χ1v) is 16.5. The van der Waals surface area contributed by atoms with E-state index in [0.29, 0.717) is 12.8 Å². The molecule has 0 aromatic carbocycles. The Kier molecular flexibility index (Phi) is 28.2. The summed E-state index contributed by atoms with van der Waals surface area (Å²) in [6, 6.07) is 0. The number of hydrogen-bond acceptors (Lipinski definition) is 8. The summed E-state index contributed by atoms with van der Waals surface area (Å²) in [4.78, 5) is 23.8. The number of carbonyl (C=O) groups is 2. The lowest BCUT2D eigenvalue weighted by Crippen LogP contribution is -2.26. The molecule has 0 aliphatic rings. The van der Waals surface area contributed by atoms with Crippen molar-refractivity contribution in [3.05, 3.63) is 48.6 Å². The molecule has 0 bridgehead atoms. The van der Waals surface area contributed by atoms with Gasteiger partial charge in [-0.05, 0) is 25.7 Å². The Labute approximate surface area is 260 Å². The number of rotatable bonds is 28. The Bertz CT molecular complexity index is 789. The number of hydrogen-bond donors (Lipinski definition) is 4. The van der Waals surface area contributed by atoms with Crippen LogP contribution in [0.1, 0.15) is 123 Å². The van der Waals surface area contributed by atoms with Crippen LogP contribution in [0.3, 0.4) is 0 Å². The molecule has 0 heterocycles. The molecule has 0 aliphatic carbocycles. The van der Waals surface area contributed by atoms with Gasteiger partial charge in [0, 0.05) is 12.8 Å². The normalized spacial score (nSPS) is 15.0. The van der Waals surface area contributed by atoms with Crippen molar-refractivity contribution in [1.82, 2.24) is 0 Å². The van der Waals surface area contributed by atoms with Crippen LogP contribution in [-0.4, -0.2) is 70.0 Å². The largest absolute Gasteiger partial charge is 0.463 e. The number of aliphatic hydroxyl groups excluding tert-OH is 4. The van der Waals surface area contributed by atoms with Crippen LogP contribution in [0, 0.1) is 0 Å². The Morgan fingerprint density at radius 3 is 1.60 bits per heavy atom. The molecule has 0 saturated carbocycles. The first-order chi connectivity index (χ1) is 20.8. The fourth-order valence-corrected chi connectivity index (χ4v) is 4.23. The van der Waals surface area contributed by atoms with Gasteiger partial charge in [-0.25, -0.2) is 0 Å². The lowest BCUT2D eigenvalue weighted by molar-refractivity contribution is -0.152. The van der Waals surface area contributed by atoms with Crippen molar-refractivity contribution >= 4 is 11.9 Å². The van der Waals surface area contributed by atoms with Crippen molar-refractivity contribution in [3.63, 3.8) is 0 Å². The van der Waals surface area contributed by atoms with Crippen LogP contribution in [-0.2, 0) is 19.1 Å². The van der Waals surface area contributed by atoms with Crippen LogP contribution in [0.2, 0.25) is 0 Å². The Balaban J connectivity index is 3.89. The highest BCUT2D eigenvalue weighted by Gasteiger charge is 2.15. The minimum absolute atomic E-state index is 0.0319. The molecule has 0 amide bonds. The predicted octanol–water partition coefficient (Wildman–Crippen LogP) is 6.41. The van der Waals surface area contributed by atoms with Gasteiger partial charge in [-0.1, -0.05) is 133 Å². The van der Waals surface area contributed by atoms with Crippen molar-refractivity contribution in [1.29, 1.82) is 0 Å². The number of carbonyl (C=O) groups excluding carboxylic acids is 2. The summed E-state index contributed by atoms with van der Waals surface area (Å²) < 4.78 is 10.1. The first-order valence-electron chi connectivity index (χ1n) is 16.5. The highest BCUT2D eigenvalue weighted by molar-refractivity contribution is 5.69.